The molecule has 2 rings (SSSR count). The number of hydrogen-bond acceptors (Lipinski definition) is 4. The summed E-state index contributed by atoms with van der Waals surface area (Å²) in [5, 5.41) is 6.09. The van der Waals surface area contributed by atoms with E-state index in [1.54, 1.807) is 6.07 Å². The summed E-state index contributed by atoms with van der Waals surface area (Å²) < 4.78 is 11.1. The Balaban J connectivity index is 1.63. The number of aryl methyl sites for hydroxylation is 1. The van der Waals surface area contributed by atoms with E-state index in [0.29, 0.717) is 25.0 Å². The second kappa shape index (κ2) is 7.31. The lowest BCUT2D eigenvalue weighted by Gasteiger charge is -2.22. The van der Waals surface area contributed by atoms with Crippen molar-refractivity contribution in [3.63, 3.8) is 0 Å². The van der Waals surface area contributed by atoms with E-state index in [2.05, 4.69) is 10.6 Å². The van der Waals surface area contributed by atoms with Gasteiger partial charge in [-0.1, -0.05) is 6.92 Å². The van der Waals surface area contributed by atoms with E-state index in [4.69, 9.17) is 9.15 Å². The van der Waals surface area contributed by atoms with Crippen LogP contribution in [0.15, 0.2) is 16.5 Å². The van der Waals surface area contributed by atoms with Crippen LogP contribution in [0.4, 0.5) is 0 Å². The van der Waals surface area contributed by atoms with Gasteiger partial charge in [0.15, 0.2) is 5.76 Å². The second-order valence-corrected chi connectivity index (χ2v) is 4.70. The molecule has 1 aliphatic rings. The Morgan fingerprint density at radius 2 is 2.26 bits per heavy atom. The first-order valence-electron chi connectivity index (χ1n) is 6.99. The number of carbonyl (C=O) groups is 1. The quantitative estimate of drug-likeness (QED) is 0.763. The fourth-order valence-corrected chi connectivity index (χ4v) is 2.13. The molecule has 2 N–H and O–H groups in total. The molecule has 0 aliphatic carbocycles. The maximum Gasteiger partial charge on any atom is 0.287 e. The first-order valence-corrected chi connectivity index (χ1v) is 6.99. The standard InChI is InChI=1S/C14H22N2O3/c1-2-11-3-4-13(19-11)14(17)16-9-10-18-12-5-7-15-8-6-12/h3-4,12,15H,2,5-10H2,1H3,(H,16,17). The normalized spacial score (nSPS) is 16.5. The topological polar surface area (TPSA) is 63.5 Å². The monoisotopic (exact) mass is 266 g/mol. The molecule has 106 valence electrons. The molecule has 19 heavy (non-hydrogen) atoms. The maximum absolute atomic E-state index is 11.8. The van der Waals surface area contributed by atoms with Crippen LogP contribution in [0.25, 0.3) is 0 Å². The van der Waals surface area contributed by atoms with Gasteiger partial charge in [0.2, 0.25) is 0 Å². The van der Waals surface area contributed by atoms with Crippen molar-refractivity contribution in [3.05, 3.63) is 23.7 Å². The molecule has 1 aromatic heterocycles. The van der Waals surface area contributed by atoms with E-state index in [0.717, 1.165) is 38.1 Å². The maximum atomic E-state index is 11.8. The van der Waals surface area contributed by atoms with E-state index >= 15 is 0 Å². The van der Waals surface area contributed by atoms with Crippen molar-refractivity contribution in [2.24, 2.45) is 0 Å². The van der Waals surface area contributed by atoms with E-state index in [1.807, 2.05) is 13.0 Å². The smallest absolute Gasteiger partial charge is 0.287 e. The highest BCUT2D eigenvalue weighted by Crippen LogP contribution is 2.08. The third-order valence-electron chi connectivity index (χ3n) is 3.26. The van der Waals surface area contributed by atoms with Crippen molar-refractivity contribution in [1.82, 2.24) is 10.6 Å². The fraction of sp³-hybridized carbons (Fsp3) is 0.643. The molecule has 1 fully saturated rings. The first kappa shape index (κ1) is 14.1. The van der Waals surface area contributed by atoms with Crippen molar-refractivity contribution in [2.75, 3.05) is 26.2 Å². The van der Waals surface area contributed by atoms with Gasteiger partial charge < -0.3 is 19.8 Å². The van der Waals surface area contributed by atoms with E-state index in [1.165, 1.54) is 0 Å². The highest BCUT2D eigenvalue weighted by Gasteiger charge is 2.13. The zero-order chi connectivity index (χ0) is 13.5. The predicted octanol–water partition coefficient (Wildman–Crippen LogP) is 1.34. The van der Waals surface area contributed by atoms with Gasteiger partial charge >= 0.3 is 0 Å². The van der Waals surface area contributed by atoms with Crippen molar-refractivity contribution in [1.29, 1.82) is 0 Å². The van der Waals surface area contributed by atoms with Crippen LogP contribution in [0, 0.1) is 0 Å². The summed E-state index contributed by atoms with van der Waals surface area (Å²) in [7, 11) is 0. The van der Waals surface area contributed by atoms with Crippen molar-refractivity contribution < 1.29 is 13.9 Å². The molecular weight excluding hydrogens is 244 g/mol. The van der Waals surface area contributed by atoms with Crippen LogP contribution < -0.4 is 10.6 Å². The zero-order valence-electron chi connectivity index (χ0n) is 11.4. The molecule has 5 nitrogen and oxygen atoms in total. The minimum absolute atomic E-state index is 0.173. The molecule has 0 spiro atoms. The summed E-state index contributed by atoms with van der Waals surface area (Å²) in [6.45, 7) is 5.10. The van der Waals surface area contributed by atoms with E-state index in [9.17, 15) is 4.79 Å². The molecule has 1 saturated heterocycles. The molecule has 0 bridgehead atoms. The van der Waals surface area contributed by atoms with E-state index < -0.39 is 0 Å². The molecule has 1 aromatic rings. The third-order valence-corrected chi connectivity index (χ3v) is 3.26. The fourth-order valence-electron chi connectivity index (χ4n) is 2.13. The molecule has 1 amide bonds. The summed E-state index contributed by atoms with van der Waals surface area (Å²) in [5.41, 5.74) is 0. The molecular formula is C14H22N2O3. The lowest BCUT2D eigenvalue weighted by atomic mass is 10.1. The number of rotatable bonds is 6. The van der Waals surface area contributed by atoms with Crippen LogP contribution in [0.3, 0.4) is 0 Å². The molecule has 2 heterocycles. The average Bonchev–Trinajstić information content (AvgIpc) is 2.93. The molecule has 1 aliphatic heterocycles. The summed E-state index contributed by atoms with van der Waals surface area (Å²) in [6, 6.07) is 3.54. The number of amides is 1. The Hall–Kier alpha value is -1.33. The molecule has 0 unspecified atom stereocenters. The summed E-state index contributed by atoms with van der Waals surface area (Å²) in [6.07, 6.45) is 3.22. The third kappa shape index (κ3) is 4.36. The van der Waals surface area contributed by atoms with Crippen molar-refractivity contribution in [3.8, 4) is 0 Å². The Labute approximate surface area is 113 Å². The van der Waals surface area contributed by atoms with Gasteiger partial charge in [0.1, 0.15) is 5.76 Å². The predicted molar refractivity (Wildman–Crippen MR) is 72.3 cm³/mol. The largest absolute Gasteiger partial charge is 0.456 e. The van der Waals surface area contributed by atoms with Gasteiger partial charge in [-0.25, -0.2) is 0 Å². The van der Waals surface area contributed by atoms with Crippen LogP contribution in [-0.2, 0) is 11.2 Å². The van der Waals surface area contributed by atoms with Crippen LogP contribution in [0.5, 0.6) is 0 Å². The number of piperidine rings is 1. The first-order chi connectivity index (χ1) is 9.29. The Morgan fingerprint density at radius 3 is 2.95 bits per heavy atom. The molecule has 0 atom stereocenters. The highest BCUT2D eigenvalue weighted by molar-refractivity contribution is 5.91. The van der Waals surface area contributed by atoms with Gasteiger partial charge in [-0.05, 0) is 38.1 Å². The number of furan rings is 1. The molecule has 0 aromatic carbocycles. The number of carbonyl (C=O) groups excluding carboxylic acids is 1. The van der Waals surface area contributed by atoms with Crippen molar-refractivity contribution >= 4 is 5.91 Å². The lowest BCUT2D eigenvalue weighted by Crippen LogP contribution is -2.34. The van der Waals surface area contributed by atoms with Gasteiger partial charge in [-0.3, -0.25) is 4.79 Å². The van der Waals surface area contributed by atoms with Crippen molar-refractivity contribution in [2.45, 2.75) is 32.3 Å². The van der Waals surface area contributed by atoms with Crippen LogP contribution in [0.1, 0.15) is 36.1 Å². The summed E-state index contributed by atoms with van der Waals surface area (Å²) >= 11 is 0. The average molecular weight is 266 g/mol. The minimum atomic E-state index is -0.173. The zero-order valence-corrected chi connectivity index (χ0v) is 11.4. The van der Waals surface area contributed by atoms with Gasteiger partial charge in [0.25, 0.3) is 5.91 Å². The van der Waals surface area contributed by atoms with Gasteiger partial charge in [0.05, 0.1) is 12.7 Å². The number of nitrogens with one attached hydrogen (secondary N) is 2. The van der Waals surface area contributed by atoms with Crippen LogP contribution in [0.2, 0.25) is 0 Å². The number of ether oxygens (including phenoxy) is 1. The Kier molecular flexibility index (Phi) is 5.42. The summed E-state index contributed by atoms with van der Waals surface area (Å²) in [4.78, 5) is 11.8. The van der Waals surface area contributed by atoms with Gasteiger partial charge in [-0.15, -0.1) is 0 Å². The van der Waals surface area contributed by atoms with Gasteiger partial charge in [-0.2, -0.15) is 0 Å². The lowest BCUT2D eigenvalue weighted by molar-refractivity contribution is 0.0341. The van der Waals surface area contributed by atoms with Gasteiger partial charge in [0, 0.05) is 13.0 Å². The summed E-state index contributed by atoms with van der Waals surface area (Å²) in [5.74, 6) is 1.03. The molecule has 5 heteroatoms. The Bertz CT molecular complexity index is 397. The highest BCUT2D eigenvalue weighted by atomic mass is 16.5. The van der Waals surface area contributed by atoms with Crippen LogP contribution in [-0.4, -0.2) is 38.3 Å². The second-order valence-electron chi connectivity index (χ2n) is 4.70. The number of hydrogen-bond donors (Lipinski definition) is 2. The molecule has 0 saturated carbocycles. The Morgan fingerprint density at radius 1 is 1.47 bits per heavy atom. The van der Waals surface area contributed by atoms with Crippen LogP contribution >= 0.6 is 0 Å². The van der Waals surface area contributed by atoms with E-state index in [-0.39, 0.29) is 5.91 Å². The SMILES string of the molecule is CCc1ccc(C(=O)NCCOC2CCNCC2)o1. The minimum Gasteiger partial charge on any atom is -0.456 e. The molecule has 0 radical (unpaired) electrons.